The number of carbonyl (C=O) groups is 1. The van der Waals surface area contributed by atoms with E-state index in [2.05, 4.69) is 96.2 Å². The lowest BCUT2D eigenvalue weighted by molar-refractivity contribution is -0.151. The average molecular weight is 673 g/mol. The molecule has 0 spiro atoms. The molecule has 0 aromatic rings. The topological polar surface area (TPSA) is 26.3 Å². The van der Waals surface area contributed by atoms with Crippen LogP contribution in [0.25, 0.3) is 0 Å². The van der Waals surface area contributed by atoms with E-state index >= 15 is 0 Å². The highest BCUT2D eigenvalue weighted by atomic mass is 16.5. The summed E-state index contributed by atoms with van der Waals surface area (Å²) in [5.74, 6) is 5.21. The van der Waals surface area contributed by atoms with Gasteiger partial charge in [0.1, 0.15) is 6.10 Å². The van der Waals surface area contributed by atoms with E-state index in [1.807, 2.05) is 0 Å². The lowest BCUT2D eigenvalue weighted by Crippen LogP contribution is -2.51. The molecular formula is C47H76O2. The van der Waals surface area contributed by atoms with Crippen LogP contribution in [-0.4, -0.2) is 12.1 Å². The van der Waals surface area contributed by atoms with Crippen molar-refractivity contribution in [3.63, 3.8) is 0 Å². The van der Waals surface area contributed by atoms with E-state index in [1.54, 1.807) is 5.57 Å². The number of carbonyl (C=O) groups excluding carboxylic acids is 1. The molecule has 2 nitrogen and oxygen atoms in total. The maximum atomic E-state index is 12.8. The van der Waals surface area contributed by atoms with Crippen LogP contribution in [0.5, 0.6) is 0 Å². The zero-order valence-electron chi connectivity index (χ0n) is 32.9. The van der Waals surface area contributed by atoms with Crippen LogP contribution >= 0.6 is 0 Å². The molecule has 276 valence electrons. The predicted molar refractivity (Wildman–Crippen MR) is 211 cm³/mol. The first kappa shape index (κ1) is 39.9. The van der Waals surface area contributed by atoms with Gasteiger partial charge in [0, 0.05) is 12.8 Å². The number of esters is 1. The van der Waals surface area contributed by atoms with Crippen molar-refractivity contribution in [2.45, 2.75) is 182 Å². The van der Waals surface area contributed by atoms with Crippen molar-refractivity contribution >= 4 is 5.97 Å². The molecule has 4 rings (SSSR count). The molecule has 0 amide bonds. The van der Waals surface area contributed by atoms with Crippen LogP contribution in [0, 0.1) is 46.3 Å². The Kier molecular flexibility index (Phi) is 16.5. The average Bonchev–Trinajstić information content (AvgIpc) is 3.43. The van der Waals surface area contributed by atoms with Crippen LogP contribution in [-0.2, 0) is 9.53 Å². The van der Waals surface area contributed by atoms with Gasteiger partial charge in [-0.25, -0.2) is 0 Å². The highest BCUT2D eigenvalue weighted by Crippen LogP contribution is 2.67. The normalized spacial score (nSPS) is 32.2. The van der Waals surface area contributed by atoms with Crippen molar-refractivity contribution in [3.05, 3.63) is 60.3 Å². The van der Waals surface area contributed by atoms with Gasteiger partial charge in [0.2, 0.25) is 0 Å². The van der Waals surface area contributed by atoms with E-state index < -0.39 is 0 Å². The van der Waals surface area contributed by atoms with Gasteiger partial charge < -0.3 is 4.74 Å². The van der Waals surface area contributed by atoms with Crippen LogP contribution < -0.4 is 0 Å². The van der Waals surface area contributed by atoms with E-state index in [0.29, 0.717) is 17.3 Å². The van der Waals surface area contributed by atoms with Crippen LogP contribution in [0.1, 0.15) is 176 Å². The third kappa shape index (κ3) is 11.3. The first-order valence-electron chi connectivity index (χ1n) is 21.2. The highest BCUT2D eigenvalue weighted by molar-refractivity contribution is 5.69. The summed E-state index contributed by atoms with van der Waals surface area (Å²) in [5, 5.41) is 0. The number of rotatable bonds is 20. The Bertz CT molecular complexity index is 1140. The maximum Gasteiger partial charge on any atom is 0.306 e. The first-order valence-corrected chi connectivity index (χ1v) is 21.2. The smallest absolute Gasteiger partial charge is 0.306 e. The quantitative estimate of drug-likeness (QED) is 0.0731. The fourth-order valence-corrected chi connectivity index (χ4v) is 10.9. The number of allylic oxidation sites excluding steroid dienone is 9. The minimum Gasteiger partial charge on any atom is -0.462 e. The van der Waals surface area contributed by atoms with Crippen LogP contribution in [0.3, 0.4) is 0 Å². The molecule has 3 saturated carbocycles. The van der Waals surface area contributed by atoms with E-state index in [9.17, 15) is 4.79 Å². The Hall–Kier alpha value is -1.83. The molecule has 0 aromatic heterocycles. The largest absolute Gasteiger partial charge is 0.462 e. The lowest BCUT2D eigenvalue weighted by Gasteiger charge is -2.58. The summed E-state index contributed by atoms with van der Waals surface area (Å²) in [5.41, 5.74) is 2.48. The lowest BCUT2D eigenvalue weighted by atomic mass is 9.47. The van der Waals surface area contributed by atoms with Crippen LogP contribution in [0.4, 0.5) is 0 Å². The SMILES string of the molecule is CCCCCC=CCC=CCC=CCC=CCCCC(=O)O[C@H]1CC[C@@]2(C)C(=CC[C@H]3[C@@H]4CC[C@H]([C@H](C)CCCC(C)C)[C@@]4(C)CC[C@@H]32)C1. The molecule has 0 heterocycles. The van der Waals surface area contributed by atoms with Gasteiger partial charge in [-0.15, -0.1) is 0 Å². The number of hydrogen-bond donors (Lipinski definition) is 0. The molecular weight excluding hydrogens is 597 g/mol. The van der Waals surface area contributed by atoms with Crippen molar-refractivity contribution in [1.29, 1.82) is 0 Å². The Balaban J connectivity index is 1.13. The second-order valence-corrected chi connectivity index (χ2v) is 17.6. The van der Waals surface area contributed by atoms with Gasteiger partial charge in [-0.05, 0) is 136 Å². The second kappa shape index (κ2) is 20.3. The molecule has 0 aromatic carbocycles. The molecule has 3 fully saturated rings. The second-order valence-electron chi connectivity index (χ2n) is 17.6. The third-order valence-electron chi connectivity index (χ3n) is 13.8. The molecule has 0 bridgehead atoms. The van der Waals surface area contributed by atoms with Crippen molar-refractivity contribution < 1.29 is 9.53 Å². The number of hydrogen-bond acceptors (Lipinski definition) is 2. The highest BCUT2D eigenvalue weighted by Gasteiger charge is 2.59. The molecule has 8 atom stereocenters. The summed E-state index contributed by atoms with van der Waals surface area (Å²) >= 11 is 0. The Morgan fingerprint density at radius 2 is 1.47 bits per heavy atom. The molecule has 0 N–H and O–H groups in total. The standard InChI is InChI=1S/C47H76O2/c1-7-8-9-10-11-12-13-14-15-16-17-18-19-20-21-22-23-27-45(48)49-40-32-34-46(5)39(36-40)28-29-41-43-31-30-42(38(4)26-24-25-37(2)3)47(43,6)35-33-44(41)46/h11-12,14-15,17-18,20-21,28,37-38,40-44H,7-10,13,16,19,22-27,29-36H2,1-6H3/t38-,40+,41+,42-,43+,44+,46+,47-/m1/s1. The van der Waals surface area contributed by atoms with Gasteiger partial charge in [-0.3, -0.25) is 4.79 Å². The molecule has 4 aliphatic rings. The minimum absolute atomic E-state index is 0.00622. The monoisotopic (exact) mass is 673 g/mol. The molecule has 0 unspecified atom stereocenters. The van der Waals surface area contributed by atoms with Crippen molar-refractivity contribution in [2.75, 3.05) is 0 Å². The summed E-state index contributed by atoms with van der Waals surface area (Å²) in [4.78, 5) is 12.8. The fraction of sp³-hybridized carbons (Fsp3) is 0.766. The van der Waals surface area contributed by atoms with Crippen molar-refractivity contribution in [1.82, 2.24) is 0 Å². The van der Waals surface area contributed by atoms with Crippen LogP contribution in [0.2, 0.25) is 0 Å². The molecule has 0 saturated heterocycles. The maximum absolute atomic E-state index is 12.8. The molecule has 0 radical (unpaired) electrons. The van der Waals surface area contributed by atoms with Crippen molar-refractivity contribution in [3.8, 4) is 0 Å². The van der Waals surface area contributed by atoms with E-state index in [1.165, 1.54) is 83.5 Å². The van der Waals surface area contributed by atoms with Gasteiger partial charge in [0.05, 0.1) is 0 Å². The molecule has 2 heteroatoms. The van der Waals surface area contributed by atoms with E-state index in [4.69, 9.17) is 4.74 Å². The van der Waals surface area contributed by atoms with Crippen molar-refractivity contribution in [2.24, 2.45) is 46.3 Å². The van der Waals surface area contributed by atoms with E-state index in [-0.39, 0.29) is 12.1 Å². The van der Waals surface area contributed by atoms with Gasteiger partial charge in [0.15, 0.2) is 0 Å². The first-order chi connectivity index (χ1) is 23.7. The van der Waals surface area contributed by atoms with E-state index in [0.717, 1.165) is 80.5 Å². The van der Waals surface area contributed by atoms with Gasteiger partial charge in [0.25, 0.3) is 0 Å². The van der Waals surface area contributed by atoms with Crippen LogP contribution in [0.15, 0.2) is 60.3 Å². The Morgan fingerprint density at radius 1 is 0.796 bits per heavy atom. The molecule has 0 aliphatic heterocycles. The molecule has 4 aliphatic carbocycles. The summed E-state index contributed by atoms with van der Waals surface area (Å²) in [7, 11) is 0. The number of ether oxygens (including phenoxy) is 1. The van der Waals surface area contributed by atoms with Gasteiger partial charge in [-0.2, -0.15) is 0 Å². The summed E-state index contributed by atoms with van der Waals surface area (Å²) in [6.07, 6.45) is 45.7. The zero-order chi connectivity index (χ0) is 35.1. The molecule has 49 heavy (non-hydrogen) atoms. The zero-order valence-corrected chi connectivity index (χ0v) is 32.9. The fourth-order valence-electron chi connectivity index (χ4n) is 10.9. The summed E-state index contributed by atoms with van der Waals surface area (Å²) < 4.78 is 6.10. The Labute approximate surface area is 303 Å². The summed E-state index contributed by atoms with van der Waals surface area (Å²) in [6, 6.07) is 0. The minimum atomic E-state index is 0.00622. The summed E-state index contributed by atoms with van der Waals surface area (Å²) in [6.45, 7) is 14.9. The number of fused-ring (bicyclic) bond motifs is 5. The number of unbranched alkanes of at least 4 members (excludes halogenated alkanes) is 4. The predicted octanol–water partition coefficient (Wildman–Crippen LogP) is 14.1. The third-order valence-corrected chi connectivity index (χ3v) is 13.8. The van der Waals surface area contributed by atoms with Gasteiger partial charge >= 0.3 is 5.97 Å². The van der Waals surface area contributed by atoms with Gasteiger partial charge in [-0.1, -0.05) is 134 Å². The Morgan fingerprint density at radius 3 is 2.14 bits per heavy atom.